The van der Waals surface area contributed by atoms with Crippen molar-refractivity contribution in [1.29, 1.82) is 0 Å². The molecule has 0 radical (unpaired) electrons. The fourth-order valence-electron chi connectivity index (χ4n) is 1.64. The Balaban J connectivity index is 2.93. The van der Waals surface area contributed by atoms with E-state index < -0.39 is 4.92 Å². The number of amides is 1. The molecule has 0 atom stereocenters. The predicted molar refractivity (Wildman–Crippen MR) is 79.0 cm³/mol. The average Bonchev–Trinajstić information content (AvgIpc) is 2.41. The zero-order valence-corrected chi connectivity index (χ0v) is 12.1. The van der Waals surface area contributed by atoms with E-state index in [4.69, 9.17) is 0 Å². The first-order valence-electron chi connectivity index (χ1n) is 6.76. The van der Waals surface area contributed by atoms with Crippen LogP contribution in [-0.2, 0) is 0 Å². The Bertz CT molecular complexity index is 487. The molecule has 6 heteroatoms. The quantitative estimate of drug-likeness (QED) is 0.593. The van der Waals surface area contributed by atoms with Crippen molar-refractivity contribution in [2.75, 3.05) is 18.4 Å². The van der Waals surface area contributed by atoms with Crippen LogP contribution >= 0.6 is 0 Å². The minimum absolute atomic E-state index is 0.0149. The van der Waals surface area contributed by atoms with Gasteiger partial charge in [-0.25, -0.2) is 0 Å². The number of rotatable bonds is 7. The zero-order valence-electron chi connectivity index (χ0n) is 12.1. The van der Waals surface area contributed by atoms with Gasteiger partial charge in [0.2, 0.25) is 0 Å². The zero-order chi connectivity index (χ0) is 15.1. The molecule has 0 aliphatic carbocycles. The van der Waals surface area contributed by atoms with Crippen LogP contribution in [-0.4, -0.2) is 23.9 Å². The van der Waals surface area contributed by atoms with E-state index in [9.17, 15) is 14.9 Å². The minimum atomic E-state index is -0.451. The van der Waals surface area contributed by atoms with Crippen LogP contribution in [0.2, 0.25) is 0 Å². The Hall–Kier alpha value is -2.11. The van der Waals surface area contributed by atoms with Gasteiger partial charge in [0.25, 0.3) is 11.6 Å². The van der Waals surface area contributed by atoms with Crippen molar-refractivity contribution in [2.24, 2.45) is 5.92 Å². The highest BCUT2D eigenvalue weighted by Gasteiger charge is 2.16. The number of nitrogens with zero attached hydrogens (tertiary/aromatic N) is 1. The van der Waals surface area contributed by atoms with Gasteiger partial charge in [-0.15, -0.1) is 0 Å². The van der Waals surface area contributed by atoms with E-state index in [1.807, 2.05) is 20.8 Å². The number of nitro groups is 1. The van der Waals surface area contributed by atoms with E-state index in [2.05, 4.69) is 10.6 Å². The highest BCUT2D eigenvalue weighted by Crippen LogP contribution is 2.25. The molecule has 6 nitrogen and oxygen atoms in total. The topological polar surface area (TPSA) is 84.3 Å². The third-order valence-electron chi connectivity index (χ3n) is 2.69. The average molecular weight is 279 g/mol. The molecule has 0 saturated carbocycles. The van der Waals surface area contributed by atoms with Gasteiger partial charge in [0.05, 0.1) is 4.92 Å². The van der Waals surface area contributed by atoms with E-state index >= 15 is 0 Å². The lowest BCUT2D eigenvalue weighted by atomic mass is 10.1. The number of benzene rings is 1. The number of nitro benzene ring substituents is 1. The molecule has 0 saturated heterocycles. The second kappa shape index (κ2) is 7.47. The van der Waals surface area contributed by atoms with Gasteiger partial charge >= 0.3 is 0 Å². The molecule has 1 aromatic rings. The number of carbonyl (C=O) groups excluding carboxylic acids is 1. The van der Waals surface area contributed by atoms with Crippen molar-refractivity contribution in [3.05, 3.63) is 33.9 Å². The smallest absolute Gasteiger partial charge is 0.292 e. The lowest BCUT2D eigenvalue weighted by molar-refractivity contribution is -0.384. The van der Waals surface area contributed by atoms with Gasteiger partial charge in [0.15, 0.2) is 0 Å². The Morgan fingerprint density at radius 1 is 1.40 bits per heavy atom. The maximum absolute atomic E-state index is 11.9. The highest BCUT2D eigenvalue weighted by atomic mass is 16.6. The van der Waals surface area contributed by atoms with Gasteiger partial charge in [-0.05, 0) is 24.5 Å². The molecule has 2 N–H and O–H groups in total. The number of carbonyl (C=O) groups is 1. The van der Waals surface area contributed by atoms with Gasteiger partial charge in [-0.1, -0.05) is 20.8 Å². The maximum atomic E-state index is 11.9. The first kappa shape index (κ1) is 15.9. The Morgan fingerprint density at radius 2 is 2.10 bits per heavy atom. The largest absolute Gasteiger partial charge is 0.379 e. The molecule has 0 bridgehead atoms. The minimum Gasteiger partial charge on any atom is -0.379 e. The number of hydrogen-bond acceptors (Lipinski definition) is 4. The highest BCUT2D eigenvalue weighted by molar-refractivity contribution is 5.95. The summed E-state index contributed by atoms with van der Waals surface area (Å²) in [6.07, 6.45) is 0.848. The van der Waals surface area contributed by atoms with Gasteiger partial charge < -0.3 is 10.6 Å². The standard InChI is InChI=1S/C14H21N3O3/c1-4-7-15-12-8-11(5-6-13(12)17(19)20)14(18)16-9-10(2)3/h5-6,8,10,15H,4,7,9H2,1-3H3,(H,16,18). The van der Waals surface area contributed by atoms with Crippen molar-refractivity contribution in [1.82, 2.24) is 5.32 Å². The lowest BCUT2D eigenvalue weighted by Gasteiger charge is -2.10. The van der Waals surface area contributed by atoms with Crippen LogP contribution in [0.4, 0.5) is 11.4 Å². The lowest BCUT2D eigenvalue weighted by Crippen LogP contribution is -2.27. The van der Waals surface area contributed by atoms with Crippen molar-refractivity contribution < 1.29 is 9.72 Å². The monoisotopic (exact) mass is 279 g/mol. The predicted octanol–water partition coefficient (Wildman–Crippen LogP) is 2.80. The summed E-state index contributed by atoms with van der Waals surface area (Å²) in [5.74, 6) is 0.142. The number of nitrogens with one attached hydrogen (secondary N) is 2. The van der Waals surface area contributed by atoms with Gasteiger partial charge in [0, 0.05) is 24.7 Å². The fraction of sp³-hybridized carbons (Fsp3) is 0.500. The molecule has 0 aliphatic heterocycles. The summed E-state index contributed by atoms with van der Waals surface area (Å²) >= 11 is 0. The molecule has 0 fully saturated rings. The summed E-state index contributed by atoms with van der Waals surface area (Å²) in [5, 5.41) is 16.7. The first-order valence-corrected chi connectivity index (χ1v) is 6.76. The third kappa shape index (κ3) is 4.53. The molecule has 110 valence electrons. The van der Waals surface area contributed by atoms with E-state index in [-0.39, 0.29) is 11.6 Å². The van der Waals surface area contributed by atoms with E-state index in [1.54, 1.807) is 0 Å². The summed E-state index contributed by atoms with van der Waals surface area (Å²) in [5.41, 5.74) is 0.794. The number of hydrogen-bond donors (Lipinski definition) is 2. The molecule has 0 aromatic heterocycles. The molecule has 1 amide bonds. The SMILES string of the molecule is CCCNc1cc(C(=O)NCC(C)C)ccc1[N+](=O)[O-]. The summed E-state index contributed by atoms with van der Waals surface area (Å²) in [4.78, 5) is 22.4. The Labute approximate surface area is 118 Å². The second-order valence-electron chi connectivity index (χ2n) is 5.02. The van der Waals surface area contributed by atoms with Crippen molar-refractivity contribution in [2.45, 2.75) is 27.2 Å². The van der Waals surface area contributed by atoms with Crippen LogP contribution in [0.25, 0.3) is 0 Å². The first-order chi connectivity index (χ1) is 9.45. The van der Waals surface area contributed by atoms with Gasteiger partial charge in [-0.2, -0.15) is 0 Å². The second-order valence-corrected chi connectivity index (χ2v) is 5.02. The van der Waals surface area contributed by atoms with Crippen LogP contribution in [0.3, 0.4) is 0 Å². The molecule has 0 unspecified atom stereocenters. The van der Waals surface area contributed by atoms with Crippen molar-refractivity contribution >= 4 is 17.3 Å². The molecule has 1 rings (SSSR count). The Kier molecular flexibility index (Phi) is 5.96. The Morgan fingerprint density at radius 3 is 2.65 bits per heavy atom. The summed E-state index contributed by atoms with van der Waals surface area (Å²) < 4.78 is 0. The summed E-state index contributed by atoms with van der Waals surface area (Å²) in [7, 11) is 0. The summed E-state index contributed by atoms with van der Waals surface area (Å²) in [6, 6.07) is 4.37. The third-order valence-corrected chi connectivity index (χ3v) is 2.69. The molecule has 1 aromatic carbocycles. The maximum Gasteiger partial charge on any atom is 0.292 e. The fourth-order valence-corrected chi connectivity index (χ4v) is 1.64. The van der Waals surface area contributed by atoms with E-state index in [0.717, 1.165) is 6.42 Å². The molecular formula is C14H21N3O3. The normalized spacial score (nSPS) is 10.4. The molecule has 20 heavy (non-hydrogen) atoms. The van der Waals surface area contributed by atoms with Crippen LogP contribution < -0.4 is 10.6 Å². The van der Waals surface area contributed by atoms with Crippen molar-refractivity contribution in [3.8, 4) is 0 Å². The van der Waals surface area contributed by atoms with Crippen LogP contribution in [0.1, 0.15) is 37.6 Å². The molecule has 0 heterocycles. The van der Waals surface area contributed by atoms with Crippen molar-refractivity contribution in [3.63, 3.8) is 0 Å². The molecular weight excluding hydrogens is 258 g/mol. The molecule has 0 spiro atoms. The van der Waals surface area contributed by atoms with Crippen LogP contribution in [0.15, 0.2) is 18.2 Å². The van der Waals surface area contributed by atoms with Crippen LogP contribution in [0.5, 0.6) is 0 Å². The number of anilines is 1. The van der Waals surface area contributed by atoms with Crippen LogP contribution in [0, 0.1) is 16.0 Å². The van der Waals surface area contributed by atoms with Gasteiger partial charge in [0.1, 0.15) is 5.69 Å². The molecule has 0 aliphatic rings. The van der Waals surface area contributed by atoms with Gasteiger partial charge in [-0.3, -0.25) is 14.9 Å². The van der Waals surface area contributed by atoms with E-state index in [0.29, 0.717) is 30.3 Å². The van der Waals surface area contributed by atoms with E-state index in [1.165, 1.54) is 18.2 Å². The summed E-state index contributed by atoms with van der Waals surface area (Å²) in [6.45, 7) is 7.18.